The van der Waals surface area contributed by atoms with Crippen LogP contribution in [0.4, 0.5) is 0 Å². The summed E-state index contributed by atoms with van der Waals surface area (Å²) in [6.45, 7) is 1.27. The van der Waals surface area contributed by atoms with E-state index in [2.05, 4.69) is 12.1 Å². The van der Waals surface area contributed by atoms with Crippen LogP contribution in [0.1, 0.15) is 76.2 Å². The molecule has 0 bridgehead atoms. The van der Waals surface area contributed by atoms with Crippen LogP contribution in [0.3, 0.4) is 0 Å². The highest BCUT2D eigenvalue weighted by Crippen LogP contribution is 2.37. The molecule has 19 heteroatoms. The number of fused-ring (bicyclic) bond motifs is 2. The average Bonchev–Trinajstić information content (AvgIpc) is 3.31. The molecule has 2 aliphatic heterocycles. The quantitative estimate of drug-likeness (QED) is 0.0456. The maximum absolute atomic E-state index is 14.0. The van der Waals surface area contributed by atoms with Gasteiger partial charge in [0.2, 0.25) is 5.91 Å². The Morgan fingerprint density at radius 1 is 0.727 bits per heavy atom. The Hall–Kier alpha value is -2.70. The number of carbonyl (C=O) groups excluding carboxylic acids is 1. The maximum atomic E-state index is 14.0. The molecule has 3 aromatic rings. The van der Waals surface area contributed by atoms with Gasteiger partial charge in [-0.2, -0.15) is 0 Å². The van der Waals surface area contributed by atoms with Crippen molar-refractivity contribution in [2.75, 3.05) is 32.8 Å². The monoisotopic (exact) mass is 947 g/mol. The second kappa shape index (κ2) is 25.2. The molecule has 18 nitrogen and oxygen atoms in total. The van der Waals surface area contributed by atoms with Gasteiger partial charge in [0.05, 0.1) is 42.0 Å². The standard InChI is InChI=1S/C47H75ClN8O10/c48-38-28-15-7-5-13-26(28)30(27-14-6-8-16-29(27)38)24-56(45(61)31(51)17-9-10-18-49)19-11-3-1-2-4-12-20-62-44-42(65-46-34(54)22-35(58)36(23-50)63-46)32(52)21-33(53)43(44)66-47-41(60)39(55)40(59)37(25-57)64-47/h5-8,13-16,31-37,39-44,46-47,57-60H,1-4,9-12,17-25,49-55H2/t31-,32-,33+,34+,35-,36+,37+,39-,40+,41+,42+,43-,44-,46+,47+/m0/s1. The van der Waals surface area contributed by atoms with Crippen LogP contribution in [-0.2, 0) is 35.0 Å². The molecular formula is C47H75ClN8O10. The number of carbonyl (C=O) groups is 1. The molecule has 1 amide bonds. The topological polar surface area (TPSA) is 330 Å². The molecule has 0 aromatic heterocycles. The third kappa shape index (κ3) is 12.7. The zero-order chi connectivity index (χ0) is 47.5. The highest BCUT2D eigenvalue weighted by Gasteiger charge is 2.51. The van der Waals surface area contributed by atoms with Gasteiger partial charge in [-0.3, -0.25) is 4.79 Å². The smallest absolute Gasteiger partial charge is 0.239 e. The van der Waals surface area contributed by atoms with Crippen molar-refractivity contribution in [3.05, 3.63) is 59.1 Å². The van der Waals surface area contributed by atoms with E-state index in [1.807, 2.05) is 41.3 Å². The summed E-state index contributed by atoms with van der Waals surface area (Å²) in [4.78, 5) is 15.9. The van der Waals surface area contributed by atoms with E-state index in [1.165, 1.54) is 0 Å². The number of aliphatic hydroxyl groups is 4. The SMILES string of the molecule is NCCCC[C@H](N)C(=O)N(CCCCCCCCO[C@@H]1[C@@H](O[C@H]2O[C@H](CO)[C@@H](O)[C@H](N)[C@H]2O)[C@H](N)C[C@H](N)[C@H]1O[C@H]1O[C@H](CN)[C@@H](O)C[C@H]1N)Cc1c2ccccc2c(Cl)c2ccccc12. The third-order valence-corrected chi connectivity index (χ3v) is 13.9. The van der Waals surface area contributed by atoms with E-state index in [9.17, 15) is 25.2 Å². The largest absolute Gasteiger partial charge is 0.394 e. The molecule has 0 unspecified atom stereocenters. The number of unbranched alkanes of at least 4 members (excludes halogenated alkanes) is 6. The lowest BCUT2D eigenvalue weighted by atomic mass is 9.84. The summed E-state index contributed by atoms with van der Waals surface area (Å²) in [5, 5.41) is 46.3. The minimum atomic E-state index is -1.45. The van der Waals surface area contributed by atoms with Crippen LogP contribution in [0, 0.1) is 0 Å². The number of nitrogens with two attached hydrogens (primary N) is 7. The zero-order valence-electron chi connectivity index (χ0n) is 37.9. The van der Waals surface area contributed by atoms with Gasteiger partial charge in [-0.15, -0.1) is 0 Å². The van der Waals surface area contributed by atoms with Crippen molar-refractivity contribution < 1.29 is 48.9 Å². The van der Waals surface area contributed by atoms with Crippen molar-refractivity contribution in [2.45, 2.75) is 169 Å². The first-order valence-electron chi connectivity index (χ1n) is 23.7. The van der Waals surface area contributed by atoms with Crippen LogP contribution in [0.25, 0.3) is 21.5 Å². The van der Waals surface area contributed by atoms with Crippen LogP contribution < -0.4 is 40.1 Å². The van der Waals surface area contributed by atoms with Crippen molar-refractivity contribution in [1.29, 1.82) is 0 Å². The molecule has 3 aliphatic rings. The molecule has 2 heterocycles. The first-order valence-corrected chi connectivity index (χ1v) is 24.1. The number of rotatable bonds is 23. The molecule has 15 atom stereocenters. The Kier molecular flexibility index (Phi) is 20.1. The number of aliphatic hydroxyl groups excluding tert-OH is 4. The van der Waals surface area contributed by atoms with Crippen molar-refractivity contribution >= 4 is 39.1 Å². The fourth-order valence-electron chi connectivity index (χ4n) is 9.58. The molecule has 66 heavy (non-hydrogen) atoms. The second-order valence-corrected chi connectivity index (χ2v) is 18.7. The first-order chi connectivity index (χ1) is 31.8. The fourth-order valence-corrected chi connectivity index (χ4v) is 9.91. The molecule has 3 fully saturated rings. The van der Waals surface area contributed by atoms with Crippen LogP contribution >= 0.6 is 11.6 Å². The summed E-state index contributed by atoms with van der Waals surface area (Å²) in [6.07, 6.45) is -2.86. The Morgan fingerprint density at radius 2 is 1.30 bits per heavy atom. The predicted molar refractivity (Wildman–Crippen MR) is 253 cm³/mol. The van der Waals surface area contributed by atoms with Crippen LogP contribution in [0.5, 0.6) is 0 Å². The van der Waals surface area contributed by atoms with E-state index in [4.69, 9.17) is 75.4 Å². The van der Waals surface area contributed by atoms with Crippen molar-refractivity contribution in [3.8, 4) is 0 Å². The normalized spacial score (nSPS) is 32.2. The molecule has 18 N–H and O–H groups in total. The second-order valence-electron chi connectivity index (χ2n) is 18.3. The Bertz CT molecular complexity index is 1920. The zero-order valence-corrected chi connectivity index (χ0v) is 38.7. The molecule has 2 saturated heterocycles. The Labute approximate surface area is 392 Å². The Balaban J connectivity index is 1.08. The first kappa shape index (κ1) is 52.7. The number of nitrogens with zero attached hydrogens (tertiary/aromatic N) is 1. The lowest BCUT2D eigenvalue weighted by molar-refractivity contribution is -0.318. The van der Waals surface area contributed by atoms with Crippen LogP contribution in [0.2, 0.25) is 5.02 Å². The lowest BCUT2D eigenvalue weighted by Crippen LogP contribution is -2.68. The minimum absolute atomic E-state index is 0.0501. The Morgan fingerprint density at radius 3 is 1.91 bits per heavy atom. The van der Waals surface area contributed by atoms with E-state index in [1.54, 1.807) is 0 Å². The minimum Gasteiger partial charge on any atom is -0.394 e. The molecule has 6 rings (SSSR count). The number of halogens is 1. The van der Waals surface area contributed by atoms with Gasteiger partial charge in [-0.1, -0.05) is 92.2 Å². The van der Waals surface area contributed by atoms with Gasteiger partial charge in [-0.25, -0.2) is 0 Å². The number of ether oxygens (including phenoxy) is 5. The van der Waals surface area contributed by atoms with E-state index in [0.717, 1.165) is 72.1 Å². The van der Waals surface area contributed by atoms with Gasteiger partial charge in [0.25, 0.3) is 0 Å². The number of hydrogen-bond acceptors (Lipinski definition) is 17. The van der Waals surface area contributed by atoms with Gasteiger partial charge in [0, 0.05) is 49.1 Å². The van der Waals surface area contributed by atoms with Crippen molar-refractivity contribution in [2.24, 2.45) is 40.1 Å². The summed E-state index contributed by atoms with van der Waals surface area (Å²) >= 11 is 6.92. The summed E-state index contributed by atoms with van der Waals surface area (Å²) < 4.78 is 31.0. The highest BCUT2D eigenvalue weighted by atomic mass is 35.5. The third-order valence-electron chi connectivity index (χ3n) is 13.4. The molecule has 1 aliphatic carbocycles. The molecule has 0 radical (unpaired) electrons. The number of hydrogen-bond donors (Lipinski definition) is 11. The summed E-state index contributed by atoms with van der Waals surface area (Å²) in [5.74, 6) is -0.0777. The number of amides is 1. The summed E-state index contributed by atoms with van der Waals surface area (Å²) in [6, 6.07) is 12.2. The van der Waals surface area contributed by atoms with Gasteiger partial charge < -0.3 is 89.1 Å². The molecule has 370 valence electrons. The van der Waals surface area contributed by atoms with Gasteiger partial charge in [-0.05, 0) is 61.4 Å². The van der Waals surface area contributed by atoms with E-state index >= 15 is 0 Å². The van der Waals surface area contributed by atoms with E-state index in [0.29, 0.717) is 37.5 Å². The van der Waals surface area contributed by atoms with Gasteiger partial charge >= 0.3 is 0 Å². The maximum Gasteiger partial charge on any atom is 0.239 e. The van der Waals surface area contributed by atoms with Crippen LogP contribution in [0.15, 0.2) is 48.5 Å². The van der Waals surface area contributed by atoms with Crippen LogP contribution in [-0.4, -0.2) is 156 Å². The summed E-state index contributed by atoms with van der Waals surface area (Å²) in [5.41, 5.74) is 45.0. The van der Waals surface area contributed by atoms with Gasteiger partial charge in [0.15, 0.2) is 12.6 Å². The summed E-state index contributed by atoms with van der Waals surface area (Å²) in [7, 11) is 0. The van der Waals surface area contributed by atoms with Crippen molar-refractivity contribution in [3.63, 3.8) is 0 Å². The van der Waals surface area contributed by atoms with E-state index < -0.39 is 98.2 Å². The van der Waals surface area contributed by atoms with E-state index in [-0.39, 0.29) is 31.9 Å². The predicted octanol–water partition coefficient (Wildman–Crippen LogP) is 0.514. The highest BCUT2D eigenvalue weighted by molar-refractivity contribution is 6.41. The van der Waals surface area contributed by atoms with Crippen molar-refractivity contribution in [1.82, 2.24) is 4.90 Å². The number of benzene rings is 3. The molecule has 3 aromatic carbocycles. The molecule has 1 saturated carbocycles. The lowest BCUT2D eigenvalue weighted by Gasteiger charge is -2.49. The van der Waals surface area contributed by atoms with Gasteiger partial charge in [0.1, 0.15) is 36.6 Å². The molecular weight excluding hydrogens is 872 g/mol. The fraction of sp³-hybridized carbons (Fsp3) is 0.681. The molecule has 0 spiro atoms. The average molecular weight is 948 g/mol.